The van der Waals surface area contributed by atoms with E-state index in [1.165, 1.54) is 16.0 Å². The van der Waals surface area contributed by atoms with Gasteiger partial charge in [0.25, 0.3) is 0 Å². The Labute approximate surface area is 159 Å². The van der Waals surface area contributed by atoms with Crippen molar-refractivity contribution in [3.05, 3.63) is 87.6 Å². The van der Waals surface area contributed by atoms with Crippen molar-refractivity contribution in [1.82, 2.24) is 5.32 Å². The molecule has 26 heavy (non-hydrogen) atoms. The van der Waals surface area contributed by atoms with Crippen molar-refractivity contribution in [1.29, 1.82) is 0 Å². The molecule has 0 aliphatic carbocycles. The van der Waals surface area contributed by atoms with Gasteiger partial charge in [0.1, 0.15) is 0 Å². The second-order valence-electron chi connectivity index (χ2n) is 6.30. The molecular formula is C22H24N2OS. The largest absolute Gasteiger partial charge is 0.325 e. The fourth-order valence-corrected chi connectivity index (χ4v) is 3.76. The molecule has 134 valence electrons. The molecule has 0 aliphatic heterocycles. The van der Waals surface area contributed by atoms with Crippen molar-refractivity contribution in [2.75, 3.05) is 11.9 Å². The van der Waals surface area contributed by atoms with Crippen molar-refractivity contribution in [3.63, 3.8) is 0 Å². The van der Waals surface area contributed by atoms with Crippen molar-refractivity contribution in [2.45, 2.75) is 26.3 Å². The lowest BCUT2D eigenvalue weighted by atomic mass is 10.0. The van der Waals surface area contributed by atoms with E-state index in [1.54, 1.807) is 11.3 Å². The number of para-hydroxylation sites is 1. The topological polar surface area (TPSA) is 41.1 Å². The fourth-order valence-electron chi connectivity index (χ4n) is 2.94. The first-order chi connectivity index (χ1) is 12.7. The highest BCUT2D eigenvalue weighted by Crippen LogP contribution is 2.26. The summed E-state index contributed by atoms with van der Waals surface area (Å²) in [5.74, 6) is -0.0282. The third kappa shape index (κ3) is 4.59. The van der Waals surface area contributed by atoms with Crippen LogP contribution in [0.5, 0.6) is 0 Å². The quantitative estimate of drug-likeness (QED) is 0.624. The van der Waals surface area contributed by atoms with E-state index in [1.807, 2.05) is 30.3 Å². The van der Waals surface area contributed by atoms with E-state index in [0.717, 1.165) is 17.7 Å². The van der Waals surface area contributed by atoms with E-state index >= 15 is 0 Å². The zero-order valence-corrected chi connectivity index (χ0v) is 16.0. The van der Waals surface area contributed by atoms with E-state index in [2.05, 4.69) is 60.2 Å². The van der Waals surface area contributed by atoms with E-state index in [4.69, 9.17) is 0 Å². The standard InChI is InChI=1S/C22H24N2OS/c1-3-17-7-4-5-8-19(17)24-21(25)15-23-22(20-9-6-14-26-20)18-12-10-16(2)11-13-18/h4-14,22-23H,3,15H2,1-2H3,(H,24,25)/t22-/m0/s1. The van der Waals surface area contributed by atoms with Crippen LogP contribution in [0.4, 0.5) is 5.69 Å². The van der Waals surface area contributed by atoms with Crippen molar-refractivity contribution >= 4 is 22.9 Å². The van der Waals surface area contributed by atoms with Crippen LogP contribution < -0.4 is 10.6 Å². The molecule has 0 unspecified atom stereocenters. The van der Waals surface area contributed by atoms with Crippen LogP contribution in [-0.4, -0.2) is 12.5 Å². The molecule has 0 radical (unpaired) electrons. The lowest BCUT2D eigenvalue weighted by Gasteiger charge is -2.18. The van der Waals surface area contributed by atoms with Crippen LogP contribution in [0.25, 0.3) is 0 Å². The smallest absolute Gasteiger partial charge is 0.238 e. The summed E-state index contributed by atoms with van der Waals surface area (Å²) < 4.78 is 0. The number of nitrogens with one attached hydrogen (secondary N) is 2. The predicted molar refractivity (Wildman–Crippen MR) is 110 cm³/mol. The summed E-state index contributed by atoms with van der Waals surface area (Å²) in [6.45, 7) is 4.43. The van der Waals surface area contributed by atoms with Crippen LogP contribution in [0.1, 0.15) is 34.5 Å². The minimum Gasteiger partial charge on any atom is -0.325 e. The zero-order valence-electron chi connectivity index (χ0n) is 15.2. The lowest BCUT2D eigenvalue weighted by molar-refractivity contribution is -0.115. The number of hydrogen-bond acceptors (Lipinski definition) is 3. The molecule has 4 heteroatoms. The molecule has 1 aromatic heterocycles. The molecular weight excluding hydrogens is 340 g/mol. The number of benzene rings is 2. The molecule has 2 N–H and O–H groups in total. The second-order valence-corrected chi connectivity index (χ2v) is 7.28. The lowest BCUT2D eigenvalue weighted by Crippen LogP contribution is -2.31. The van der Waals surface area contributed by atoms with Gasteiger partial charge in [-0.25, -0.2) is 0 Å². The van der Waals surface area contributed by atoms with Gasteiger partial charge in [-0.05, 0) is 42.0 Å². The van der Waals surface area contributed by atoms with Gasteiger partial charge in [-0.15, -0.1) is 11.3 Å². The van der Waals surface area contributed by atoms with Gasteiger partial charge in [-0.1, -0.05) is 61.0 Å². The van der Waals surface area contributed by atoms with Gasteiger partial charge >= 0.3 is 0 Å². The first-order valence-corrected chi connectivity index (χ1v) is 9.76. The molecule has 0 fully saturated rings. The Bertz CT molecular complexity index is 841. The number of carbonyl (C=O) groups is 1. The second kappa shape index (κ2) is 8.79. The van der Waals surface area contributed by atoms with Gasteiger partial charge in [-0.3, -0.25) is 10.1 Å². The first-order valence-electron chi connectivity index (χ1n) is 8.88. The molecule has 3 rings (SSSR count). The van der Waals surface area contributed by atoms with E-state index < -0.39 is 0 Å². The summed E-state index contributed by atoms with van der Waals surface area (Å²) in [5, 5.41) is 8.50. The van der Waals surface area contributed by atoms with Gasteiger partial charge in [0.2, 0.25) is 5.91 Å². The Morgan fingerprint density at radius 3 is 2.50 bits per heavy atom. The highest BCUT2D eigenvalue weighted by molar-refractivity contribution is 7.10. The molecule has 2 aromatic carbocycles. The predicted octanol–water partition coefficient (Wildman–Crippen LogP) is 4.94. The van der Waals surface area contributed by atoms with Crippen LogP contribution in [0.15, 0.2) is 66.0 Å². The van der Waals surface area contributed by atoms with Crippen molar-refractivity contribution in [2.24, 2.45) is 0 Å². The van der Waals surface area contributed by atoms with E-state index in [-0.39, 0.29) is 18.5 Å². The maximum Gasteiger partial charge on any atom is 0.238 e. The highest BCUT2D eigenvalue weighted by Gasteiger charge is 2.16. The zero-order chi connectivity index (χ0) is 18.4. The number of anilines is 1. The summed E-state index contributed by atoms with van der Waals surface area (Å²) >= 11 is 1.70. The van der Waals surface area contributed by atoms with Crippen LogP contribution in [0.2, 0.25) is 0 Å². The summed E-state index contributed by atoms with van der Waals surface area (Å²) in [5.41, 5.74) is 4.44. The first kappa shape index (κ1) is 18.4. The van der Waals surface area contributed by atoms with Crippen LogP contribution in [-0.2, 0) is 11.2 Å². The van der Waals surface area contributed by atoms with Crippen LogP contribution in [0.3, 0.4) is 0 Å². The van der Waals surface area contributed by atoms with E-state index in [0.29, 0.717) is 0 Å². The molecule has 0 saturated heterocycles. The number of rotatable bonds is 7. The Kier molecular flexibility index (Phi) is 6.21. The van der Waals surface area contributed by atoms with Gasteiger partial charge in [0.05, 0.1) is 12.6 Å². The monoisotopic (exact) mass is 364 g/mol. The minimum atomic E-state index is -0.0282. The van der Waals surface area contributed by atoms with E-state index in [9.17, 15) is 4.79 Å². The maximum atomic E-state index is 12.5. The molecule has 0 aliphatic rings. The number of thiophene rings is 1. The van der Waals surface area contributed by atoms with Gasteiger partial charge < -0.3 is 5.32 Å². The van der Waals surface area contributed by atoms with Gasteiger partial charge in [0.15, 0.2) is 0 Å². The highest BCUT2D eigenvalue weighted by atomic mass is 32.1. The Hall–Kier alpha value is -2.43. The molecule has 1 amide bonds. The molecule has 1 heterocycles. The number of carbonyl (C=O) groups excluding carboxylic acids is 1. The van der Waals surface area contributed by atoms with Crippen LogP contribution >= 0.6 is 11.3 Å². The maximum absolute atomic E-state index is 12.5. The number of aryl methyl sites for hydroxylation is 2. The average Bonchev–Trinajstić information content (AvgIpc) is 3.18. The third-order valence-electron chi connectivity index (χ3n) is 4.38. The minimum absolute atomic E-state index is 0.0165. The van der Waals surface area contributed by atoms with Crippen molar-refractivity contribution in [3.8, 4) is 0 Å². The summed E-state index contributed by atoms with van der Waals surface area (Å²) in [6.07, 6.45) is 0.894. The summed E-state index contributed by atoms with van der Waals surface area (Å²) in [7, 11) is 0. The van der Waals surface area contributed by atoms with Crippen molar-refractivity contribution < 1.29 is 4.79 Å². The molecule has 3 aromatic rings. The van der Waals surface area contributed by atoms with Gasteiger partial charge in [0, 0.05) is 10.6 Å². The molecule has 3 nitrogen and oxygen atoms in total. The molecule has 0 bridgehead atoms. The SMILES string of the molecule is CCc1ccccc1NC(=O)CN[C@@H](c1ccc(C)cc1)c1cccs1. The average molecular weight is 365 g/mol. The normalized spacial score (nSPS) is 11.9. The Balaban J connectivity index is 1.70. The third-order valence-corrected chi connectivity index (χ3v) is 5.31. The Morgan fingerprint density at radius 1 is 1.04 bits per heavy atom. The number of hydrogen-bond donors (Lipinski definition) is 2. The molecule has 0 spiro atoms. The fraction of sp³-hybridized carbons (Fsp3) is 0.227. The van der Waals surface area contributed by atoms with Gasteiger partial charge in [-0.2, -0.15) is 0 Å². The number of amides is 1. The Morgan fingerprint density at radius 2 is 1.81 bits per heavy atom. The summed E-state index contributed by atoms with van der Waals surface area (Å²) in [6, 6.07) is 20.6. The van der Waals surface area contributed by atoms with Crippen LogP contribution in [0, 0.1) is 6.92 Å². The summed E-state index contributed by atoms with van der Waals surface area (Å²) in [4.78, 5) is 13.7. The molecule has 0 saturated carbocycles. The molecule has 1 atom stereocenters.